The van der Waals surface area contributed by atoms with E-state index in [4.69, 9.17) is 17.3 Å². The molecule has 0 saturated carbocycles. The van der Waals surface area contributed by atoms with Crippen molar-refractivity contribution in [3.05, 3.63) is 40.7 Å². The van der Waals surface area contributed by atoms with Gasteiger partial charge in [0.1, 0.15) is 15.2 Å². The molecule has 2 aromatic heterocycles. The zero-order valence-corrected chi connectivity index (χ0v) is 11.1. The summed E-state index contributed by atoms with van der Waals surface area (Å²) in [6.07, 6.45) is 0. The number of aromatic nitrogens is 2. The van der Waals surface area contributed by atoms with E-state index in [0.29, 0.717) is 15.9 Å². The molecule has 3 nitrogen and oxygen atoms in total. The number of pyridine rings is 2. The monoisotopic (exact) mass is 265 g/mol. The fourth-order valence-corrected chi connectivity index (χ4v) is 2.63. The molecule has 88 valence electrons. The van der Waals surface area contributed by atoms with Gasteiger partial charge in [0, 0.05) is 5.69 Å². The average molecular weight is 266 g/mol. The zero-order valence-electron chi connectivity index (χ0n) is 9.57. The van der Waals surface area contributed by atoms with Crippen LogP contribution in [0.25, 0.3) is 0 Å². The molecule has 0 atom stereocenters. The highest BCUT2D eigenvalue weighted by Crippen LogP contribution is 2.30. The molecule has 0 radical (unpaired) electrons. The van der Waals surface area contributed by atoms with Crippen molar-refractivity contribution in [2.24, 2.45) is 0 Å². The predicted octanol–water partition coefficient (Wildman–Crippen LogP) is 3.48. The highest BCUT2D eigenvalue weighted by atomic mass is 35.5. The Morgan fingerprint density at radius 1 is 1.18 bits per heavy atom. The number of nitrogens with two attached hydrogens (primary N) is 1. The van der Waals surface area contributed by atoms with Crippen molar-refractivity contribution in [1.29, 1.82) is 0 Å². The van der Waals surface area contributed by atoms with Gasteiger partial charge in [0.25, 0.3) is 0 Å². The largest absolute Gasteiger partial charge is 0.397 e. The van der Waals surface area contributed by atoms with Gasteiger partial charge in [-0.1, -0.05) is 11.6 Å². The Hall–Kier alpha value is -1.26. The highest BCUT2D eigenvalue weighted by Gasteiger charge is 2.06. The Bertz CT molecular complexity index is 537. The summed E-state index contributed by atoms with van der Waals surface area (Å²) in [5, 5.41) is 2.00. The number of hydrogen-bond donors (Lipinski definition) is 1. The average Bonchev–Trinajstić information content (AvgIpc) is 2.22. The Balaban J connectivity index is 2.34. The molecular weight excluding hydrogens is 254 g/mol. The molecule has 0 spiro atoms. The first kappa shape index (κ1) is 12.2. The molecule has 5 heteroatoms. The van der Waals surface area contributed by atoms with Gasteiger partial charge in [-0.25, -0.2) is 9.97 Å². The van der Waals surface area contributed by atoms with Gasteiger partial charge in [0.15, 0.2) is 0 Å². The summed E-state index contributed by atoms with van der Waals surface area (Å²) in [4.78, 5) is 8.62. The Morgan fingerprint density at radius 2 is 1.94 bits per heavy atom. The topological polar surface area (TPSA) is 51.8 Å². The molecule has 0 bridgehead atoms. The van der Waals surface area contributed by atoms with E-state index < -0.39 is 0 Å². The standard InChI is InChI=1S/C12H12ClN3S/c1-7-5-8(2)15-11(6-7)17-12-9(14)3-4-10(13)16-12/h3-6H,14H2,1-2H3. The number of halogens is 1. The Kier molecular flexibility index (Phi) is 3.54. The van der Waals surface area contributed by atoms with Crippen LogP contribution in [0.5, 0.6) is 0 Å². The fourth-order valence-electron chi connectivity index (χ4n) is 1.47. The van der Waals surface area contributed by atoms with Crippen molar-refractivity contribution in [3.63, 3.8) is 0 Å². The van der Waals surface area contributed by atoms with Crippen molar-refractivity contribution in [3.8, 4) is 0 Å². The first-order valence-electron chi connectivity index (χ1n) is 5.10. The van der Waals surface area contributed by atoms with Crippen molar-refractivity contribution < 1.29 is 0 Å². The van der Waals surface area contributed by atoms with Crippen LogP contribution in [0.15, 0.2) is 34.3 Å². The first-order chi connectivity index (χ1) is 8.04. The number of aryl methyl sites for hydroxylation is 2. The zero-order chi connectivity index (χ0) is 12.4. The van der Waals surface area contributed by atoms with Crippen LogP contribution in [-0.2, 0) is 0 Å². The van der Waals surface area contributed by atoms with Crippen LogP contribution in [0, 0.1) is 13.8 Å². The summed E-state index contributed by atoms with van der Waals surface area (Å²) in [6.45, 7) is 4.00. The molecule has 0 fully saturated rings. The Labute approximate surface area is 109 Å². The molecule has 0 aliphatic rings. The lowest BCUT2D eigenvalue weighted by atomic mass is 10.3. The molecule has 0 saturated heterocycles. The second-order valence-corrected chi connectivity index (χ2v) is 5.15. The van der Waals surface area contributed by atoms with Gasteiger partial charge in [0.05, 0.1) is 5.69 Å². The molecular formula is C12H12ClN3S. The van der Waals surface area contributed by atoms with Crippen LogP contribution < -0.4 is 5.73 Å². The summed E-state index contributed by atoms with van der Waals surface area (Å²) in [5.74, 6) is 0. The van der Waals surface area contributed by atoms with E-state index in [9.17, 15) is 0 Å². The first-order valence-corrected chi connectivity index (χ1v) is 6.29. The summed E-state index contributed by atoms with van der Waals surface area (Å²) in [6, 6.07) is 7.45. The van der Waals surface area contributed by atoms with E-state index in [-0.39, 0.29) is 0 Å². The minimum absolute atomic E-state index is 0.436. The minimum Gasteiger partial charge on any atom is -0.397 e. The molecule has 17 heavy (non-hydrogen) atoms. The molecule has 0 unspecified atom stereocenters. The van der Waals surface area contributed by atoms with Gasteiger partial charge < -0.3 is 5.73 Å². The highest BCUT2D eigenvalue weighted by molar-refractivity contribution is 7.99. The number of nitrogen functional groups attached to an aromatic ring is 1. The van der Waals surface area contributed by atoms with E-state index in [1.807, 2.05) is 26.0 Å². The second kappa shape index (κ2) is 4.94. The van der Waals surface area contributed by atoms with Crippen molar-refractivity contribution in [2.45, 2.75) is 23.9 Å². The maximum atomic E-state index is 5.85. The van der Waals surface area contributed by atoms with E-state index in [1.54, 1.807) is 12.1 Å². The lowest BCUT2D eigenvalue weighted by Gasteiger charge is -2.05. The van der Waals surface area contributed by atoms with E-state index in [2.05, 4.69) is 9.97 Å². The quantitative estimate of drug-likeness (QED) is 0.845. The van der Waals surface area contributed by atoms with E-state index in [1.165, 1.54) is 17.3 Å². The van der Waals surface area contributed by atoms with E-state index >= 15 is 0 Å². The van der Waals surface area contributed by atoms with Gasteiger partial charge in [-0.05, 0) is 55.4 Å². The number of anilines is 1. The summed E-state index contributed by atoms with van der Waals surface area (Å²) in [7, 11) is 0. The smallest absolute Gasteiger partial charge is 0.130 e. The van der Waals surface area contributed by atoms with Crippen LogP contribution >= 0.6 is 23.4 Å². The lowest BCUT2D eigenvalue weighted by Crippen LogP contribution is -1.93. The lowest BCUT2D eigenvalue weighted by molar-refractivity contribution is 1.04. The third kappa shape index (κ3) is 3.11. The van der Waals surface area contributed by atoms with Crippen molar-refractivity contribution in [1.82, 2.24) is 9.97 Å². The maximum Gasteiger partial charge on any atom is 0.130 e. The maximum absolute atomic E-state index is 5.85. The van der Waals surface area contributed by atoms with Crippen LogP contribution in [-0.4, -0.2) is 9.97 Å². The summed E-state index contributed by atoms with van der Waals surface area (Å²) in [5.41, 5.74) is 8.60. The molecule has 0 aliphatic carbocycles. The fraction of sp³-hybridized carbons (Fsp3) is 0.167. The number of rotatable bonds is 2. The molecule has 0 aliphatic heterocycles. The molecule has 0 amide bonds. The molecule has 0 aromatic carbocycles. The van der Waals surface area contributed by atoms with Gasteiger partial charge >= 0.3 is 0 Å². The minimum atomic E-state index is 0.436. The summed E-state index contributed by atoms with van der Waals surface area (Å²) >= 11 is 7.27. The second-order valence-electron chi connectivity index (χ2n) is 3.75. The molecule has 2 N–H and O–H groups in total. The normalized spacial score (nSPS) is 10.5. The third-order valence-electron chi connectivity index (χ3n) is 2.13. The molecule has 2 aromatic rings. The van der Waals surface area contributed by atoms with Crippen LogP contribution in [0.1, 0.15) is 11.3 Å². The van der Waals surface area contributed by atoms with Crippen LogP contribution in [0.3, 0.4) is 0 Å². The van der Waals surface area contributed by atoms with Gasteiger partial charge in [0.2, 0.25) is 0 Å². The summed E-state index contributed by atoms with van der Waals surface area (Å²) < 4.78 is 0. The van der Waals surface area contributed by atoms with E-state index in [0.717, 1.165) is 10.7 Å². The number of nitrogens with zero attached hydrogens (tertiary/aromatic N) is 2. The Morgan fingerprint density at radius 3 is 2.65 bits per heavy atom. The molecule has 2 heterocycles. The predicted molar refractivity (Wildman–Crippen MR) is 71.5 cm³/mol. The van der Waals surface area contributed by atoms with Gasteiger partial charge in [-0.3, -0.25) is 0 Å². The van der Waals surface area contributed by atoms with Gasteiger partial charge in [-0.15, -0.1) is 0 Å². The molecule has 2 rings (SSSR count). The SMILES string of the molecule is Cc1cc(C)nc(Sc2nc(Cl)ccc2N)c1. The van der Waals surface area contributed by atoms with Crippen molar-refractivity contribution in [2.75, 3.05) is 5.73 Å². The van der Waals surface area contributed by atoms with Gasteiger partial charge in [-0.2, -0.15) is 0 Å². The number of hydrogen-bond acceptors (Lipinski definition) is 4. The van der Waals surface area contributed by atoms with Crippen LogP contribution in [0.2, 0.25) is 5.15 Å². The van der Waals surface area contributed by atoms with Crippen molar-refractivity contribution >= 4 is 29.1 Å². The third-order valence-corrected chi connectivity index (χ3v) is 3.28. The van der Waals surface area contributed by atoms with Crippen LogP contribution in [0.4, 0.5) is 5.69 Å².